The van der Waals surface area contributed by atoms with E-state index in [1.165, 1.54) is 18.2 Å². The zero-order valence-electron chi connectivity index (χ0n) is 22.1. The molecule has 0 aromatic heterocycles. The number of fused-ring (bicyclic) bond motifs is 1. The van der Waals surface area contributed by atoms with E-state index in [9.17, 15) is 29.6 Å². The molecule has 1 amide bonds. The number of quaternary nitrogens is 1. The molecule has 11 nitrogen and oxygen atoms in total. The van der Waals surface area contributed by atoms with Gasteiger partial charge in [0.05, 0.1) is 23.5 Å². The van der Waals surface area contributed by atoms with Crippen LogP contribution in [0.1, 0.15) is 49.0 Å². The van der Waals surface area contributed by atoms with Gasteiger partial charge in [0.15, 0.2) is 0 Å². The van der Waals surface area contributed by atoms with Crippen LogP contribution in [-0.4, -0.2) is 51.3 Å². The second kappa shape index (κ2) is 11.9. The van der Waals surface area contributed by atoms with Gasteiger partial charge in [-0.15, -0.1) is 4.48 Å². The first-order valence-electron chi connectivity index (χ1n) is 12.9. The zero-order chi connectivity index (χ0) is 28.9. The molecule has 2 aromatic rings. The lowest BCUT2D eigenvalue weighted by Gasteiger charge is -2.30. The smallest absolute Gasteiger partial charge is 0.396 e. The average Bonchev–Trinajstić information content (AvgIpc) is 3.30. The predicted octanol–water partition coefficient (Wildman–Crippen LogP) is 5.04. The molecule has 0 bridgehead atoms. The number of anilines is 1. The van der Waals surface area contributed by atoms with Crippen LogP contribution in [0, 0.1) is 10.1 Å². The van der Waals surface area contributed by atoms with E-state index in [-0.39, 0.29) is 54.0 Å². The molecular weight excluding hydrogens is 516 g/mol. The van der Waals surface area contributed by atoms with Gasteiger partial charge in [-0.25, -0.2) is 14.4 Å². The lowest BCUT2D eigenvalue weighted by Crippen LogP contribution is -2.52. The molecule has 0 spiro atoms. The number of nitrogens with zero attached hydrogens (tertiary/aromatic N) is 3. The van der Waals surface area contributed by atoms with Gasteiger partial charge < -0.3 is 15.2 Å². The summed E-state index contributed by atoms with van der Waals surface area (Å²) in [5, 5.41) is 24.0. The van der Waals surface area contributed by atoms with Crippen molar-refractivity contribution in [3.8, 4) is 0 Å². The molecular formula is C29H29N4O7+. The number of carboxylic acids is 1. The Morgan fingerprint density at radius 2 is 1.85 bits per heavy atom. The molecule has 11 heteroatoms. The Kier molecular flexibility index (Phi) is 8.34. The fourth-order valence-electron chi connectivity index (χ4n) is 4.67. The molecule has 0 radical (unpaired) electrons. The minimum atomic E-state index is -1.31. The maximum Gasteiger partial charge on any atom is 0.396 e. The van der Waals surface area contributed by atoms with E-state index >= 15 is 0 Å². The minimum absolute atomic E-state index is 0.000780. The Labute approximate surface area is 230 Å². The maximum absolute atomic E-state index is 13.8. The number of ether oxygens (including phenoxy) is 1. The second-order valence-electron chi connectivity index (χ2n) is 9.12. The number of para-hydroxylation sites is 1. The first-order chi connectivity index (χ1) is 19.2. The number of rotatable bonds is 11. The SMILES string of the molecule is CCCCC(=O)[N+]12C=CC(CNc3c(C(=O)O)cccc3[N+](=O)[O-])=CC1=NC(c1ccccc1)=C2C(=O)OCC. The first kappa shape index (κ1) is 28.1. The van der Waals surface area contributed by atoms with Gasteiger partial charge in [0.2, 0.25) is 5.84 Å². The number of esters is 1. The summed E-state index contributed by atoms with van der Waals surface area (Å²) in [6.07, 6.45) is 6.45. The van der Waals surface area contributed by atoms with Crippen LogP contribution < -0.4 is 5.32 Å². The molecule has 4 rings (SSSR count). The fraction of sp³-hybridized carbons (Fsp3) is 0.241. The van der Waals surface area contributed by atoms with Crippen molar-refractivity contribution in [1.82, 2.24) is 0 Å². The summed E-state index contributed by atoms with van der Waals surface area (Å²) < 4.78 is 4.84. The van der Waals surface area contributed by atoms with Gasteiger partial charge in [-0.2, -0.15) is 4.99 Å². The topological polar surface area (TPSA) is 148 Å². The number of aromatic carboxylic acids is 1. The van der Waals surface area contributed by atoms with E-state index in [2.05, 4.69) is 5.32 Å². The van der Waals surface area contributed by atoms with Crippen molar-refractivity contribution in [2.45, 2.75) is 33.1 Å². The van der Waals surface area contributed by atoms with Crippen molar-refractivity contribution < 1.29 is 33.6 Å². The van der Waals surface area contributed by atoms with Gasteiger partial charge in [-0.3, -0.25) is 10.1 Å². The number of aliphatic imine (C=N–C) groups is 1. The van der Waals surface area contributed by atoms with Crippen LogP contribution >= 0.6 is 0 Å². The van der Waals surface area contributed by atoms with E-state index in [0.717, 1.165) is 6.42 Å². The highest BCUT2D eigenvalue weighted by molar-refractivity contribution is 6.12. The number of hydrogen-bond acceptors (Lipinski definition) is 8. The molecule has 2 aromatic carbocycles. The maximum atomic E-state index is 13.8. The van der Waals surface area contributed by atoms with Crippen LogP contribution in [0.3, 0.4) is 0 Å². The molecule has 40 heavy (non-hydrogen) atoms. The molecule has 2 heterocycles. The molecule has 1 unspecified atom stereocenters. The van der Waals surface area contributed by atoms with Crippen molar-refractivity contribution in [2.24, 2.45) is 4.99 Å². The van der Waals surface area contributed by atoms with Gasteiger partial charge in [-0.05, 0) is 31.1 Å². The number of unbranched alkanes of at least 4 members (excludes halogenated alkanes) is 1. The van der Waals surface area contributed by atoms with Gasteiger partial charge in [0.25, 0.3) is 11.4 Å². The summed E-state index contributed by atoms with van der Waals surface area (Å²) in [5.41, 5.74) is 0.865. The quantitative estimate of drug-likeness (QED) is 0.173. The Morgan fingerprint density at radius 3 is 2.50 bits per heavy atom. The lowest BCUT2D eigenvalue weighted by molar-refractivity contribution is -0.656. The third-order valence-corrected chi connectivity index (χ3v) is 6.58. The summed E-state index contributed by atoms with van der Waals surface area (Å²) >= 11 is 0. The normalized spacial score (nSPS) is 17.6. The van der Waals surface area contributed by atoms with Gasteiger partial charge in [0, 0.05) is 24.3 Å². The molecule has 0 aliphatic carbocycles. The van der Waals surface area contributed by atoms with Crippen molar-refractivity contribution in [2.75, 3.05) is 18.5 Å². The van der Waals surface area contributed by atoms with Crippen LogP contribution in [0.15, 0.2) is 83.1 Å². The predicted molar refractivity (Wildman–Crippen MR) is 148 cm³/mol. The largest absolute Gasteiger partial charge is 0.478 e. The van der Waals surface area contributed by atoms with Crippen molar-refractivity contribution >= 4 is 40.8 Å². The van der Waals surface area contributed by atoms with Crippen LogP contribution in [0.2, 0.25) is 0 Å². The Balaban J connectivity index is 1.78. The monoisotopic (exact) mass is 545 g/mol. The summed E-state index contributed by atoms with van der Waals surface area (Å²) in [4.78, 5) is 54.5. The van der Waals surface area contributed by atoms with Crippen LogP contribution in [0.4, 0.5) is 11.4 Å². The number of carbonyl (C=O) groups excluding carboxylic acids is 2. The summed E-state index contributed by atoms with van der Waals surface area (Å²) in [7, 11) is 0. The third-order valence-electron chi connectivity index (χ3n) is 6.58. The average molecular weight is 546 g/mol. The number of amides is 1. The van der Waals surface area contributed by atoms with Gasteiger partial charge >= 0.3 is 17.8 Å². The van der Waals surface area contributed by atoms with Crippen molar-refractivity contribution in [3.63, 3.8) is 0 Å². The van der Waals surface area contributed by atoms with Crippen LogP contribution in [0.25, 0.3) is 5.70 Å². The number of hydrogen-bond donors (Lipinski definition) is 2. The highest BCUT2D eigenvalue weighted by atomic mass is 16.6. The van der Waals surface area contributed by atoms with Gasteiger partial charge in [0.1, 0.15) is 17.6 Å². The molecule has 2 aliphatic heterocycles. The summed E-state index contributed by atoms with van der Waals surface area (Å²) in [5.74, 6) is -1.94. The van der Waals surface area contributed by atoms with Gasteiger partial charge in [-0.1, -0.05) is 49.7 Å². The number of nitro groups is 1. The van der Waals surface area contributed by atoms with E-state index in [4.69, 9.17) is 9.73 Å². The molecule has 0 saturated heterocycles. The third kappa shape index (κ3) is 5.19. The molecule has 1 atom stereocenters. The molecule has 0 saturated carbocycles. The number of benzene rings is 2. The van der Waals surface area contributed by atoms with E-state index in [1.54, 1.807) is 49.5 Å². The highest BCUT2D eigenvalue weighted by Gasteiger charge is 2.55. The highest BCUT2D eigenvalue weighted by Crippen LogP contribution is 2.41. The molecule has 206 valence electrons. The van der Waals surface area contributed by atoms with Crippen LogP contribution in [-0.2, 0) is 14.3 Å². The Bertz CT molecular complexity index is 1460. The number of nitro benzene ring substituents is 1. The van der Waals surface area contributed by atoms with Crippen LogP contribution in [0.5, 0.6) is 0 Å². The number of carboxylic acid groups (broad SMARTS) is 1. The minimum Gasteiger partial charge on any atom is -0.478 e. The standard InChI is InChI=1S/C29H28N4O7/c1-3-5-14-24(34)33-16-15-19(18-30-26-21(28(35)36)12-9-13-22(26)32(38)39)17-23(33)31-25(20-10-7-6-8-11-20)27(33)29(37)40-4-2/h6-13,15-17,30H,3-5,14,18H2,1-2H3/p+1. The molecule has 0 fully saturated rings. The summed E-state index contributed by atoms with van der Waals surface area (Å²) in [6.45, 7) is 3.76. The van der Waals surface area contributed by atoms with E-state index < -0.39 is 21.3 Å². The molecule has 2 N–H and O–H groups in total. The Morgan fingerprint density at radius 1 is 1.10 bits per heavy atom. The lowest BCUT2D eigenvalue weighted by atomic mass is 10.1. The summed E-state index contributed by atoms with van der Waals surface area (Å²) in [6, 6.07) is 12.8. The van der Waals surface area contributed by atoms with E-state index in [1.807, 2.05) is 13.0 Å². The van der Waals surface area contributed by atoms with E-state index in [0.29, 0.717) is 23.3 Å². The second-order valence-corrected chi connectivity index (χ2v) is 9.12. The van der Waals surface area contributed by atoms with Crippen molar-refractivity contribution in [3.05, 3.63) is 99.4 Å². The fourth-order valence-corrected chi connectivity index (χ4v) is 4.67. The molecule has 2 aliphatic rings. The zero-order valence-corrected chi connectivity index (χ0v) is 22.1. The first-order valence-corrected chi connectivity index (χ1v) is 12.9. The number of carbonyl (C=O) groups is 3. The number of amidine groups is 1. The Hall–Kier alpha value is -4.90. The number of nitrogens with one attached hydrogen (secondary N) is 1. The van der Waals surface area contributed by atoms with Crippen molar-refractivity contribution in [1.29, 1.82) is 0 Å².